The molecule has 1 fully saturated rings. The molecular formula is C11H23NOS. The zero-order chi connectivity index (χ0) is 10.6. The predicted octanol–water partition coefficient (Wildman–Crippen LogP) is 1.65. The molecule has 0 aromatic carbocycles. The van der Waals surface area contributed by atoms with Crippen molar-refractivity contribution in [2.24, 2.45) is 11.3 Å². The number of thiol groups is 1. The van der Waals surface area contributed by atoms with Gasteiger partial charge in [0, 0.05) is 13.2 Å². The van der Waals surface area contributed by atoms with Crippen LogP contribution in [0, 0.1) is 11.3 Å². The van der Waals surface area contributed by atoms with Gasteiger partial charge in [-0.15, -0.1) is 0 Å². The van der Waals surface area contributed by atoms with Gasteiger partial charge in [-0.2, -0.15) is 12.6 Å². The Morgan fingerprint density at radius 2 is 1.93 bits per heavy atom. The van der Waals surface area contributed by atoms with Gasteiger partial charge in [-0.25, -0.2) is 0 Å². The SMILES string of the molecule is CC(C)(CS)CN1CCC(CO)CC1. The van der Waals surface area contributed by atoms with Gasteiger partial charge in [0.2, 0.25) is 0 Å². The highest BCUT2D eigenvalue weighted by molar-refractivity contribution is 7.80. The van der Waals surface area contributed by atoms with Crippen molar-refractivity contribution >= 4 is 12.6 Å². The van der Waals surface area contributed by atoms with Gasteiger partial charge in [0.05, 0.1) is 0 Å². The average molecular weight is 217 g/mol. The van der Waals surface area contributed by atoms with Crippen LogP contribution in [-0.4, -0.2) is 42.0 Å². The second-order valence-electron chi connectivity index (χ2n) is 5.22. The van der Waals surface area contributed by atoms with Gasteiger partial charge >= 0.3 is 0 Å². The number of aliphatic hydroxyl groups excluding tert-OH is 1. The normalized spacial score (nSPS) is 21.4. The molecule has 3 heteroatoms. The molecule has 0 spiro atoms. The Bertz CT molecular complexity index is 165. The van der Waals surface area contributed by atoms with E-state index >= 15 is 0 Å². The van der Waals surface area contributed by atoms with Crippen molar-refractivity contribution in [3.8, 4) is 0 Å². The fourth-order valence-electron chi connectivity index (χ4n) is 1.98. The van der Waals surface area contributed by atoms with Crippen LogP contribution in [0.2, 0.25) is 0 Å². The summed E-state index contributed by atoms with van der Waals surface area (Å²) in [7, 11) is 0. The standard InChI is InChI=1S/C11H23NOS/c1-11(2,9-14)8-12-5-3-10(7-13)4-6-12/h10,13-14H,3-9H2,1-2H3. The summed E-state index contributed by atoms with van der Waals surface area (Å²) in [4.78, 5) is 2.50. The van der Waals surface area contributed by atoms with Crippen molar-refractivity contribution in [3.63, 3.8) is 0 Å². The maximum atomic E-state index is 9.03. The number of hydrogen-bond donors (Lipinski definition) is 2. The average Bonchev–Trinajstić information content (AvgIpc) is 2.19. The zero-order valence-electron chi connectivity index (χ0n) is 9.37. The second-order valence-corrected chi connectivity index (χ2v) is 5.54. The lowest BCUT2D eigenvalue weighted by Crippen LogP contribution is -2.41. The predicted molar refractivity (Wildman–Crippen MR) is 63.9 cm³/mol. The molecule has 1 aliphatic heterocycles. The molecule has 0 bridgehead atoms. The van der Waals surface area contributed by atoms with E-state index in [0.717, 1.165) is 38.2 Å². The molecule has 1 aliphatic rings. The van der Waals surface area contributed by atoms with Crippen molar-refractivity contribution in [2.45, 2.75) is 26.7 Å². The van der Waals surface area contributed by atoms with Crippen LogP contribution in [0.5, 0.6) is 0 Å². The van der Waals surface area contributed by atoms with E-state index in [-0.39, 0.29) is 0 Å². The van der Waals surface area contributed by atoms with Crippen LogP contribution in [0.1, 0.15) is 26.7 Å². The lowest BCUT2D eigenvalue weighted by Gasteiger charge is -2.36. The third-order valence-electron chi connectivity index (χ3n) is 3.05. The molecule has 2 nitrogen and oxygen atoms in total. The lowest BCUT2D eigenvalue weighted by molar-refractivity contribution is 0.107. The molecule has 0 aromatic rings. The first-order chi connectivity index (χ1) is 6.57. The van der Waals surface area contributed by atoms with E-state index in [9.17, 15) is 0 Å². The fraction of sp³-hybridized carbons (Fsp3) is 1.00. The van der Waals surface area contributed by atoms with Crippen LogP contribution in [0.3, 0.4) is 0 Å². The fourth-order valence-corrected chi connectivity index (χ4v) is 2.08. The van der Waals surface area contributed by atoms with Crippen LogP contribution < -0.4 is 0 Å². The third-order valence-corrected chi connectivity index (χ3v) is 3.90. The first kappa shape index (κ1) is 12.3. The molecule has 1 rings (SSSR count). The van der Waals surface area contributed by atoms with Crippen LogP contribution in [0.4, 0.5) is 0 Å². The highest BCUT2D eigenvalue weighted by atomic mass is 32.1. The van der Waals surface area contributed by atoms with Gasteiger partial charge in [0.25, 0.3) is 0 Å². The topological polar surface area (TPSA) is 23.5 Å². The number of aliphatic hydroxyl groups is 1. The molecule has 0 aromatic heterocycles. The largest absolute Gasteiger partial charge is 0.396 e. The summed E-state index contributed by atoms with van der Waals surface area (Å²) < 4.78 is 0. The van der Waals surface area contributed by atoms with E-state index in [1.807, 2.05) is 0 Å². The first-order valence-electron chi connectivity index (χ1n) is 5.51. The Morgan fingerprint density at radius 3 is 2.36 bits per heavy atom. The maximum Gasteiger partial charge on any atom is 0.0460 e. The van der Waals surface area contributed by atoms with Gasteiger partial charge < -0.3 is 10.0 Å². The van der Waals surface area contributed by atoms with Gasteiger partial charge in [0.15, 0.2) is 0 Å². The summed E-state index contributed by atoms with van der Waals surface area (Å²) in [6.45, 7) is 8.31. The highest BCUT2D eigenvalue weighted by Crippen LogP contribution is 2.23. The molecule has 1 saturated heterocycles. The van der Waals surface area contributed by atoms with Crippen LogP contribution >= 0.6 is 12.6 Å². The lowest BCUT2D eigenvalue weighted by atomic mass is 9.92. The minimum absolute atomic E-state index is 0.315. The van der Waals surface area contributed by atoms with E-state index < -0.39 is 0 Å². The van der Waals surface area contributed by atoms with E-state index in [2.05, 4.69) is 31.4 Å². The van der Waals surface area contributed by atoms with E-state index in [1.165, 1.54) is 0 Å². The molecule has 0 atom stereocenters. The molecule has 0 saturated carbocycles. The zero-order valence-corrected chi connectivity index (χ0v) is 10.3. The van der Waals surface area contributed by atoms with Gasteiger partial charge in [-0.05, 0) is 43.0 Å². The quantitative estimate of drug-likeness (QED) is 0.700. The van der Waals surface area contributed by atoms with Crippen molar-refractivity contribution in [3.05, 3.63) is 0 Å². The number of piperidine rings is 1. The number of likely N-dealkylation sites (tertiary alicyclic amines) is 1. The van der Waals surface area contributed by atoms with E-state index in [4.69, 9.17) is 5.11 Å². The summed E-state index contributed by atoms with van der Waals surface area (Å²) in [5.41, 5.74) is 0.315. The Balaban J connectivity index is 2.28. The maximum absolute atomic E-state index is 9.03. The van der Waals surface area contributed by atoms with E-state index in [0.29, 0.717) is 17.9 Å². The monoisotopic (exact) mass is 217 g/mol. The Kier molecular flexibility index (Phi) is 4.74. The summed E-state index contributed by atoms with van der Waals surface area (Å²) in [5.74, 6) is 1.48. The van der Waals surface area contributed by atoms with Crippen molar-refractivity contribution < 1.29 is 5.11 Å². The molecule has 84 valence electrons. The molecule has 14 heavy (non-hydrogen) atoms. The van der Waals surface area contributed by atoms with Crippen molar-refractivity contribution in [2.75, 3.05) is 32.0 Å². The Labute approximate surface area is 93.1 Å². The minimum Gasteiger partial charge on any atom is -0.396 e. The Hall–Kier alpha value is 0.270. The molecular weight excluding hydrogens is 194 g/mol. The third kappa shape index (κ3) is 3.79. The first-order valence-corrected chi connectivity index (χ1v) is 6.15. The van der Waals surface area contributed by atoms with Gasteiger partial charge in [0.1, 0.15) is 0 Å². The summed E-state index contributed by atoms with van der Waals surface area (Å²) in [6, 6.07) is 0. The smallest absolute Gasteiger partial charge is 0.0460 e. The number of nitrogens with zero attached hydrogens (tertiary/aromatic N) is 1. The van der Waals surface area contributed by atoms with Crippen molar-refractivity contribution in [1.29, 1.82) is 0 Å². The minimum atomic E-state index is 0.315. The van der Waals surface area contributed by atoms with E-state index in [1.54, 1.807) is 0 Å². The van der Waals surface area contributed by atoms with Crippen LogP contribution in [0.15, 0.2) is 0 Å². The molecule has 0 unspecified atom stereocenters. The number of hydrogen-bond acceptors (Lipinski definition) is 3. The molecule has 0 radical (unpaired) electrons. The Morgan fingerprint density at radius 1 is 1.36 bits per heavy atom. The summed E-state index contributed by atoms with van der Waals surface area (Å²) in [6.07, 6.45) is 2.30. The molecule has 1 N–H and O–H groups in total. The van der Waals surface area contributed by atoms with Gasteiger partial charge in [-0.3, -0.25) is 0 Å². The molecule has 0 aliphatic carbocycles. The van der Waals surface area contributed by atoms with Gasteiger partial charge in [-0.1, -0.05) is 13.8 Å². The number of rotatable bonds is 4. The molecule has 0 amide bonds. The van der Waals surface area contributed by atoms with Crippen LogP contribution in [-0.2, 0) is 0 Å². The summed E-state index contributed by atoms with van der Waals surface area (Å²) in [5, 5.41) is 9.03. The highest BCUT2D eigenvalue weighted by Gasteiger charge is 2.24. The second kappa shape index (κ2) is 5.38. The van der Waals surface area contributed by atoms with Crippen molar-refractivity contribution in [1.82, 2.24) is 4.90 Å². The molecule has 1 heterocycles. The van der Waals surface area contributed by atoms with Crippen LogP contribution in [0.25, 0.3) is 0 Å². The summed E-state index contributed by atoms with van der Waals surface area (Å²) >= 11 is 4.37.